The third kappa shape index (κ3) is 9.58. The molecule has 234 valence electrons. The molecular formula is C34H26Cl2N2O8. The number of hydrogen-bond acceptors (Lipinski definition) is 6. The number of carbonyl (C=O) groups is 4. The molecule has 46 heavy (non-hydrogen) atoms. The van der Waals surface area contributed by atoms with Crippen molar-refractivity contribution in [2.75, 3.05) is 10.6 Å². The van der Waals surface area contributed by atoms with Crippen LogP contribution in [0.25, 0.3) is 0 Å². The predicted octanol–water partition coefficient (Wildman–Crippen LogP) is 7.68. The number of amides is 2. The van der Waals surface area contributed by atoms with Crippen LogP contribution in [-0.2, 0) is 0 Å². The number of nitrogens with one attached hydrogen (secondary N) is 2. The van der Waals surface area contributed by atoms with Crippen LogP contribution in [0.2, 0.25) is 10.0 Å². The first-order valence-electron chi connectivity index (χ1n) is 13.2. The van der Waals surface area contributed by atoms with Crippen LogP contribution in [-0.4, -0.2) is 44.2 Å². The van der Waals surface area contributed by atoms with Gasteiger partial charge < -0.3 is 31.1 Å². The Balaban J connectivity index is 0.000000258. The minimum atomic E-state index is -0.879. The first-order valence-corrected chi connectivity index (χ1v) is 14.0. The normalized spacial score (nSPS) is 9.78. The number of phenolic OH excluding ortho intramolecular Hbond substituents is 2. The van der Waals surface area contributed by atoms with Gasteiger partial charge in [0.15, 0.2) is 11.5 Å². The van der Waals surface area contributed by atoms with Crippen molar-refractivity contribution in [3.05, 3.63) is 154 Å². The Morgan fingerprint density at radius 2 is 0.674 bits per heavy atom. The second-order valence-electron chi connectivity index (χ2n) is 9.06. The number of rotatable bonds is 6. The van der Waals surface area contributed by atoms with E-state index in [0.717, 1.165) is 0 Å². The molecule has 0 fully saturated rings. The van der Waals surface area contributed by atoms with Crippen molar-refractivity contribution in [2.24, 2.45) is 0 Å². The smallest absolute Gasteiger partial charge is 0.335 e. The Hall–Kier alpha value is -5.84. The molecule has 0 aromatic heterocycles. The number of benzene rings is 5. The first kappa shape index (κ1) is 34.6. The third-order valence-corrected chi connectivity index (χ3v) is 6.65. The summed E-state index contributed by atoms with van der Waals surface area (Å²) >= 11 is 12.2. The Kier molecular flexibility index (Phi) is 12.7. The van der Waals surface area contributed by atoms with Crippen LogP contribution in [0.5, 0.6) is 11.5 Å². The number of anilines is 2. The Bertz CT molecular complexity index is 1640. The van der Waals surface area contributed by atoms with Gasteiger partial charge in [-0.2, -0.15) is 0 Å². The van der Waals surface area contributed by atoms with E-state index in [1.165, 1.54) is 0 Å². The molecule has 0 heterocycles. The fraction of sp³-hybridized carbons (Fsp3) is 0. The topological polar surface area (TPSA) is 173 Å². The SMILES string of the molecule is O=C(Nc1c(O)c(Cl)c(NC(=O)c2ccccc2)c(O)c1Cl)c1ccccc1.O=C(O)c1ccccc1.O=C(O)c1ccccc1. The molecule has 10 nitrogen and oxygen atoms in total. The minimum Gasteiger partial charge on any atom is -0.504 e. The molecule has 2 amide bonds. The van der Waals surface area contributed by atoms with Gasteiger partial charge in [-0.05, 0) is 48.5 Å². The van der Waals surface area contributed by atoms with E-state index >= 15 is 0 Å². The molecule has 6 N–H and O–H groups in total. The first-order chi connectivity index (χ1) is 22.0. The summed E-state index contributed by atoms with van der Waals surface area (Å²) in [7, 11) is 0. The number of carbonyl (C=O) groups excluding carboxylic acids is 2. The van der Waals surface area contributed by atoms with Crippen molar-refractivity contribution < 1.29 is 39.6 Å². The number of hydrogen-bond donors (Lipinski definition) is 6. The van der Waals surface area contributed by atoms with Crippen LogP contribution >= 0.6 is 23.2 Å². The molecule has 0 bridgehead atoms. The number of aromatic hydroxyl groups is 2. The standard InChI is InChI=1S/C20H14Cl2N2O4.2C7H6O2/c21-13-15(23-19(27)11-7-3-1-4-8-11)17(25)14(22)16(18(13)26)24-20(28)12-9-5-2-6-10-12;2*8-7(9)6-4-2-1-3-5-6/h1-10,25-26H,(H,23,27)(H,24,28);2*1-5H,(H,8,9). The molecule has 12 heteroatoms. The Labute approximate surface area is 273 Å². The molecule has 0 aliphatic heterocycles. The molecule has 0 radical (unpaired) electrons. The number of carboxylic acid groups (broad SMARTS) is 2. The molecule has 0 spiro atoms. The summed E-state index contributed by atoms with van der Waals surface area (Å²) in [6.07, 6.45) is 0. The maximum absolute atomic E-state index is 12.3. The van der Waals surface area contributed by atoms with Gasteiger partial charge in [-0.15, -0.1) is 0 Å². The van der Waals surface area contributed by atoms with Crippen LogP contribution < -0.4 is 10.6 Å². The van der Waals surface area contributed by atoms with Gasteiger partial charge in [0.2, 0.25) is 0 Å². The fourth-order valence-electron chi connectivity index (χ4n) is 3.60. The molecule has 5 rings (SSSR count). The van der Waals surface area contributed by atoms with Gasteiger partial charge >= 0.3 is 11.9 Å². The van der Waals surface area contributed by atoms with Gasteiger partial charge in [0.25, 0.3) is 11.8 Å². The summed E-state index contributed by atoms with van der Waals surface area (Å²) in [6, 6.07) is 33.0. The number of carboxylic acids is 2. The minimum absolute atomic E-state index is 0.268. The van der Waals surface area contributed by atoms with Crippen LogP contribution in [0.15, 0.2) is 121 Å². The van der Waals surface area contributed by atoms with Crippen LogP contribution in [0.1, 0.15) is 41.4 Å². The van der Waals surface area contributed by atoms with Crippen molar-refractivity contribution in [1.29, 1.82) is 0 Å². The Morgan fingerprint density at radius 3 is 0.891 bits per heavy atom. The average Bonchev–Trinajstić information content (AvgIpc) is 3.09. The summed E-state index contributed by atoms with van der Waals surface area (Å²) in [5.41, 5.74) is 0.756. The maximum Gasteiger partial charge on any atom is 0.335 e. The summed E-state index contributed by atoms with van der Waals surface area (Å²) in [5, 5.41) is 41.6. The maximum atomic E-state index is 12.3. The Morgan fingerprint density at radius 1 is 0.435 bits per heavy atom. The van der Waals surface area contributed by atoms with Gasteiger partial charge in [0.05, 0.1) is 11.1 Å². The molecular weight excluding hydrogens is 635 g/mol. The summed E-state index contributed by atoms with van der Waals surface area (Å²) in [6.45, 7) is 0. The quantitative estimate of drug-likeness (QED) is 0.0794. The van der Waals surface area contributed by atoms with E-state index in [2.05, 4.69) is 10.6 Å². The van der Waals surface area contributed by atoms with E-state index < -0.39 is 35.3 Å². The van der Waals surface area contributed by atoms with Crippen molar-refractivity contribution in [1.82, 2.24) is 0 Å². The summed E-state index contributed by atoms with van der Waals surface area (Å²) in [5.74, 6) is -4.05. The highest BCUT2D eigenvalue weighted by Crippen LogP contribution is 2.50. The van der Waals surface area contributed by atoms with E-state index in [1.54, 1.807) is 121 Å². The van der Waals surface area contributed by atoms with Crippen molar-refractivity contribution in [3.63, 3.8) is 0 Å². The van der Waals surface area contributed by atoms with Gasteiger partial charge in [0, 0.05) is 11.1 Å². The lowest BCUT2D eigenvalue weighted by Crippen LogP contribution is -2.14. The second-order valence-corrected chi connectivity index (χ2v) is 9.81. The number of aromatic carboxylic acids is 2. The summed E-state index contributed by atoms with van der Waals surface area (Å²) in [4.78, 5) is 45.0. The lowest BCUT2D eigenvalue weighted by atomic mass is 10.1. The molecule has 0 unspecified atom stereocenters. The molecule has 0 aliphatic carbocycles. The fourth-order valence-corrected chi connectivity index (χ4v) is 4.07. The molecule has 0 atom stereocenters. The van der Waals surface area contributed by atoms with E-state index in [0.29, 0.717) is 22.3 Å². The largest absolute Gasteiger partial charge is 0.504 e. The molecule has 0 aliphatic rings. The lowest BCUT2D eigenvalue weighted by molar-refractivity contribution is 0.0686. The van der Waals surface area contributed by atoms with Gasteiger partial charge in [-0.25, -0.2) is 9.59 Å². The predicted molar refractivity (Wildman–Crippen MR) is 175 cm³/mol. The third-order valence-electron chi connectivity index (χ3n) is 5.92. The molecule has 0 saturated heterocycles. The zero-order valence-electron chi connectivity index (χ0n) is 23.7. The molecule has 5 aromatic carbocycles. The van der Waals surface area contributed by atoms with Gasteiger partial charge in [-0.1, -0.05) is 96.0 Å². The monoisotopic (exact) mass is 660 g/mol. The summed E-state index contributed by atoms with van der Waals surface area (Å²) < 4.78 is 0. The van der Waals surface area contributed by atoms with E-state index in [1.807, 2.05) is 0 Å². The highest BCUT2D eigenvalue weighted by Gasteiger charge is 2.25. The molecule has 5 aromatic rings. The molecule has 0 saturated carbocycles. The number of phenols is 2. The highest BCUT2D eigenvalue weighted by atomic mass is 35.5. The van der Waals surface area contributed by atoms with Crippen molar-refractivity contribution in [3.8, 4) is 11.5 Å². The van der Waals surface area contributed by atoms with E-state index in [4.69, 9.17) is 33.4 Å². The highest BCUT2D eigenvalue weighted by molar-refractivity contribution is 6.41. The second kappa shape index (κ2) is 16.9. The van der Waals surface area contributed by atoms with Crippen LogP contribution in [0.3, 0.4) is 0 Å². The van der Waals surface area contributed by atoms with Crippen molar-refractivity contribution >= 4 is 58.3 Å². The van der Waals surface area contributed by atoms with Gasteiger partial charge in [0.1, 0.15) is 21.4 Å². The zero-order chi connectivity index (χ0) is 33.6. The van der Waals surface area contributed by atoms with Crippen LogP contribution in [0.4, 0.5) is 11.4 Å². The van der Waals surface area contributed by atoms with E-state index in [9.17, 15) is 29.4 Å². The average molecular weight is 661 g/mol. The van der Waals surface area contributed by atoms with Gasteiger partial charge in [-0.3, -0.25) is 9.59 Å². The van der Waals surface area contributed by atoms with Crippen molar-refractivity contribution in [2.45, 2.75) is 0 Å². The zero-order valence-corrected chi connectivity index (χ0v) is 25.2. The van der Waals surface area contributed by atoms with E-state index in [-0.39, 0.29) is 21.4 Å². The van der Waals surface area contributed by atoms with Crippen LogP contribution in [0, 0.1) is 0 Å². The lowest BCUT2D eigenvalue weighted by Gasteiger charge is -2.16. The number of halogens is 2.